The Morgan fingerprint density at radius 1 is 1.43 bits per heavy atom. The van der Waals surface area contributed by atoms with Gasteiger partial charge in [-0.3, -0.25) is 4.79 Å². The Morgan fingerprint density at radius 2 is 2.14 bits per heavy atom. The number of halogens is 1. The SMILES string of the molecule is CC(Oc1cccc(F)c1C#N)C(=O)NC1CCCCC1. The molecule has 21 heavy (non-hydrogen) atoms. The second kappa shape index (κ2) is 7.07. The van der Waals surface area contributed by atoms with Gasteiger partial charge >= 0.3 is 0 Å². The van der Waals surface area contributed by atoms with Gasteiger partial charge < -0.3 is 10.1 Å². The summed E-state index contributed by atoms with van der Waals surface area (Å²) in [7, 11) is 0. The van der Waals surface area contributed by atoms with Crippen LogP contribution in [-0.4, -0.2) is 18.1 Å². The molecule has 4 nitrogen and oxygen atoms in total. The molecule has 0 radical (unpaired) electrons. The number of nitrogens with zero attached hydrogens (tertiary/aromatic N) is 1. The molecule has 0 spiro atoms. The van der Waals surface area contributed by atoms with Crippen LogP contribution in [0, 0.1) is 17.1 Å². The zero-order valence-electron chi connectivity index (χ0n) is 12.1. The molecular formula is C16H19FN2O2. The van der Waals surface area contributed by atoms with E-state index in [2.05, 4.69) is 5.32 Å². The average molecular weight is 290 g/mol. The first-order valence-corrected chi connectivity index (χ1v) is 7.27. The summed E-state index contributed by atoms with van der Waals surface area (Å²) in [6, 6.07) is 6.09. The molecule has 0 saturated heterocycles. The van der Waals surface area contributed by atoms with E-state index in [1.807, 2.05) is 0 Å². The van der Waals surface area contributed by atoms with Gasteiger partial charge in [0.15, 0.2) is 6.10 Å². The summed E-state index contributed by atoms with van der Waals surface area (Å²) in [6.45, 7) is 1.60. The lowest BCUT2D eigenvalue weighted by Crippen LogP contribution is -2.43. The van der Waals surface area contributed by atoms with Crippen molar-refractivity contribution in [3.8, 4) is 11.8 Å². The summed E-state index contributed by atoms with van der Waals surface area (Å²) in [4.78, 5) is 12.1. The Balaban J connectivity index is 1.97. The molecule has 1 fully saturated rings. The standard InChI is InChI=1S/C16H19FN2O2/c1-11(16(20)19-12-6-3-2-4-7-12)21-15-9-5-8-14(17)13(15)10-18/h5,8-9,11-12H,2-4,6-7H2,1H3,(H,19,20). The third-order valence-electron chi connectivity index (χ3n) is 3.71. The minimum atomic E-state index is -0.763. The van der Waals surface area contributed by atoms with E-state index in [-0.39, 0.29) is 23.3 Å². The molecule has 1 aromatic rings. The van der Waals surface area contributed by atoms with Gasteiger partial charge in [-0.25, -0.2) is 4.39 Å². The summed E-state index contributed by atoms with van der Waals surface area (Å²) in [5.74, 6) is -0.770. The fourth-order valence-corrected chi connectivity index (χ4v) is 2.52. The highest BCUT2D eigenvalue weighted by atomic mass is 19.1. The number of carbonyl (C=O) groups is 1. The topological polar surface area (TPSA) is 62.1 Å². The van der Waals surface area contributed by atoms with Crippen LogP contribution in [0.15, 0.2) is 18.2 Å². The molecule has 112 valence electrons. The summed E-state index contributed by atoms with van der Waals surface area (Å²) in [5.41, 5.74) is -0.171. The molecule has 1 saturated carbocycles. The highest BCUT2D eigenvalue weighted by Gasteiger charge is 2.22. The smallest absolute Gasteiger partial charge is 0.260 e. The van der Waals surface area contributed by atoms with E-state index in [1.165, 1.54) is 24.6 Å². The van der Waals surface area contributed by atoms with Gasteiger partial charge in [0, 0.05) is 6.04 Å². The maximum atomic E-state index is 13.5. The van der Waals surface area contributed by atoms with E-state index >= 15 is 0 Å². The summed E-state index contributed by atoms with van der Waals surface area (Å²) < 4.78 is 18.9. The van der Waals surface area contributed by atoms with Gasteiger partial charge in [0.25, 0.3) is 5.91 Å². The molecule has 5 heteroatoms. The number of carbonyl (C=O) groups excluding carboxylic acids is 1. The second-order valence-electron chi connectivity index (χ2n) is 5.33. The molecule has 1 atom stereocenters. The second-order valence-corrected chi connectivity index (χ2v) is 5.33. The van der Waals surface area contributed by atoms with Crippen molar-refractivity contribution in [2.75, 3.05) is 0 Å². The van der Waals surface area contributed by atoms with Crippen molar-refractivity contribution >= 4 is 5.91 Å². The van der Waals surface area contributed by atoms with E-state index in [4.69, 9.17) is 10.00 Å². The Kier molecular flexibility index (Phi) is 5.15. The van der Waals surface area contributed by atoms with Gasteiger partial charge in [-0.05, 0) is 31.9 Å². The third-order valence-corrected chi connectivity index (χ3v) is 3.71. The normalized spacial score (nSPS) is 16.8. The molecule has 1 aliphatic carbocycles. The number of ether oxygens (including phenoxy) is 1. The highest BCUT2D eigenvalue weighted by molar-refractivity contribution is 5.81. The molecule has 1 unspecified atom stereocenters. The number of benzene rings is 1. The van der Waals surface area contributed by atoms with Crippen molar-refractivity contribution < 1.29 is 13.9 Å². The number of amides is 1. The van der Waals surface area contributed by atoms with Crippen LogP contribution in [-0.2, 0) is 4.79 Å². The van der Waals surface area contributed by atoms with Crippen LogP contribution in [0.2, 0.25) is 0 Å². The van der Waals surface area contributed by atoms with E-state index in [1.54, 1.807) is 13.0 Å². The first-order valence-electron chi connectivity index (χ1n) is 7.27. The summed E-state index contributed by atoms with van der Waals surface area (Å²) in [6.07, 6.45) is 4.68. The Bertz CT molecular complexity index is 548. The summed E-state index contributed by atoms with van der Waals surface area (Å²) >= 11 is 0. The Labute approximate surface area is 123 Å². The molecule has 2 rings (SSSR count). The molecule has 0 bridgehead atoms. The van der Waals surface area contributed by atoms with Crippen molar-refractivity contribution in [3.05, 3.63) is 29.6 Å². The number of nitrogens with one attached hydrogen (secondary N) is 1. The van der Waals surface area contributed by atoms with Crippen molar-refractivity contribution in [3.63, 3.8) is 0 Å². The fourth-order valence-electron chi connectivity index (χ4n) is 2.52. The maximum absolute atomic E-state index is 13.5. The highest BCUT2D eigenvalue weighted by Crippen LogP contribution is 2.22. The average Bonchev–Trinajstić information content (AvgIpc) is 2.48. The zero-order valence-corrected chi connectivity index (χ0v) is 12.1. The molecule has 1 amide bonds. The van der Waals surface area contributed by atoms with E-state index in [9.17, 15) is 9.18 Å². The van der Waals surface area contributed by atoms with E-state index in [0.717, 1.165) is 25.7 Å². The van der Waals surface area contributed by atoms with Gasteiger partial charge in [-0.1, -0.05) is 25.3 Å². The first kappa shape index (κ1) is 15.3. The number of nitriles is 1. The lowest BCUT2D eigenvalue weighted by atomic mass is 9.95. The maximum Gasteiger partial charge on any atom is 0.260 e. The largest absolute Gasteiger partial charge is 0.479 e. The van der Waals surface area contributed by atoms with Crippen LogP contribution < -0.4 is 10.1 Å². The number of rotatable bonds is 4. The Morgan fingerprint density at radius 3 is 2.81 bits per heavy atom. The summed E-state index contributed by atoms with van der Waals surface area (Å²) in [5, 5.41) is 11.9. The van der Waals surface area contributed by atoms with Gasteiger partial charge in [0.05, 0.1) is 0 Å². The van der Waals surface area contributed by atoms with Gasteiger partial charge in [-0.15, -0.1) is 0 Å². The van der Waals surface area contributed by atoms with Crippen molar-refractivity contribution in [1.29, 1.82) is 5.26 Å². The molecule has 0 aromatic heterocycles. The van der Waals surface area contributed by atoms with Crippen LogP contribution in [0.5, 0.6) is 5.75 Å². The number of hydrogen-bond acceptors (Lipinski definition) is 3. The fraction of sp³-hybridized carbons (Fsp3) is 0.500. The quantitative estimate of drug-likeness (QED) is 0.927. The molecule has 0 heterocycles. The van der Waals surface area contributed by atoms with E-state index in [0.29, 0.717) is 0 Å². The minimum Gasteiger partial charge on any atom is -0.479 e. The van der Waals surface area contributed by atoms with Crippen molar-refractivity contribution in [2.45, 2.75) is 51.2 Å². The number of hydrogen-bond donors (Lipinski definition) is 1. The van der Waals surface area contributed by atoms with Crippen LogP contribution in [0.4, 0.5) is 4.39 Å². The van der Waals surface area contributed by atoms with E-state index < -0.39 is 11.9 Å². The van der Waals surface area contributed by atoms with Gasteiger partial charge in [0.1, 0.15) is 23.2 Å². The first-order chi connectivity index (χ1) is 10.1. The third kappa shape index (κ3) is 3.94. The molecular weight excluding hydrogens is 271 g/mol. The van der Waals surface area contributed by atoms with Crippen LogP contribution >= 0.6 is 0 Å². The predicted molar refractivity (Wildman–Crippen MR) is 76.2 cm³/mol. The lowest BCUT2D eigenvalue weighted by Gasteiger charge is -2.24. The van der Waals surface area contributed by atoms with Crippen molar-refractivity contribution in [1.82, 2.24) is 5.32 Å². The lowest BCUT2D eigenvalue weighted by molar-refractivity contribution is -0.128. The molecule has 1 aliphatic rings. The Hall–Kier alpha value is -2.09. The van der Waals surface area contributed by atoms with Gasteiger partial charge in [0.2, 0.25) is 0 Å². The van der Waals surface area contributed by atoms with Crippen LogP contribution in [0.25, 0.3) is 0 Å². The monoisotopic (exact) mass is 290 g/mol. The molecule has 0 aliphatic heterocycles. The van der Waals surface area contributed by atoms with Crippen LogP contribution in [0.3, 0.4) is 0 Å². The molecule has 1 N–H and O–H groups in total. The molecule has 1 aromatic carbocycles. The predicted octanol–water partition coefficient (Wildman–Crippen LogP) is 2.91. The minimum absolute atomic E-state index is 0.101. The van der Waals surface area contributed by atoms with Crippen molar-refractivity contribution in [2.24, 2.45) is 0 Å². The van der Waals surface area contributed by atoms with Gasteiger partial charge in [-0.2, -0.15) is 5.26 Å². The zero-order chi connectivity index (χ0) is 15.2. The van der Waals surface area contributed by atoms with Crippen LogP contribution in [0.1, 0.15) is 44.6 Å².